The first-order chi connectivity index (χ1) is 9.13. The van der Waals surface area contributed by atoms with E-state index < -0.39 is 20.5 Å². The Morgan fingerprint density at radius 2 is 1.80 bits per heavy atom. The number of methoxy groups -OCH3 is 1. The first kappa shape index (κ1) is 16.7. The van der Waals surface area contributed by atoms with E-state index in [-0.39, 0.29) is 28.5 Å². The van der Waals surface area contributed by atoms with Crippen LogP contribution >= 0.6 is 0 Å². The SMILES string of the molecule is CCOS(=O)(=O)OS(=O)(=O)c1cc(OC)c(N)cc1C. The molecule has 0 spiro atoms. The van der Waals surface area contributed by atoms with Crippen molar-refractivity contribution in [3.05, 3.63) is 17.7 Å². The summed E-state index contributed by atoms with van der Waals surface area (Å²) in [7, 11) is -7.91. The van der Waals surface area contributed by atoms with Gasteiger partial charge in [0.25, 0.3) is 0 Å². The van der Waals surface area contributed by atoms with Crippen molar-refractivity contribution >= 4 is 26.2 Å². The van der Waals surface area contributed by atoms with Gasteiger partial charge in [0.15, 0.2) is 0 Å². The molecule has 0 atom stereocenters. The van der Waals surface area contributed by atoms with Gasteiger partial charge in [0.2, 0.25) is 0 Å². The normalized spacial score (nSPS) is 12.3. The molecule has 0 amide bonds. The standard InChI is InChI=1S/C10H15NO7S2/c1-4-17-20(14,15)18-19(12,13)10-6-9(16-3)8(11)5-7(10)2/h5-6H,4,11H2,1-3H3. The molecule has 1 aromatic rings. The maximum atomic E-state index is 11.9. The largest absolute Gasteiger partial charge is 0.495 e. The second kappa shape index (κ2) is 5.95. The van der Waals surface area contributed by atoms with Gasteiger partial charge in [-0.3, -0.25) is 0 Å². The molecule has 0 aliphatic heterocycles. The van der Waals surface area contributed by atoms with Crippen LogP contribution in [0.4, 0.5) is 5.69 Å². The second-order valence-electron chi connectivity index (χ2n) is 3.70. The van der Waals surface area contributed by atoms with Gasteiger partial charge >= 0.3 is 20.5 Å². The molecule has 20 heavy (non-hydrogen) atoms. The van der Waals surface area contributed by atoms with Crippen LogP contribution < -0.4 is 10.5 Å². The minimum Gasteiger partial charge on any atom is -0.495 e. The Morgan fingerprint density at radius 1 is 1.20 bits per heavy atom. The van der Waals surface area contributed by atoms with Crippen molar-refractivity contribution in [2.75, 3.05) is 19.5 Å². The Labute approximate surface area is 117 Å². The first-order valence-corrected chi connectivity index (χ1v) is 8.16. The zero-order valence-corrected chi connectivity index (χ0v) is 12.7. The Morgan fingerprint density at radius 3 is 2.30 bits per heavy atom. The summed E-state index contributed by atoms with van der Waals surface area (Å²) in [5.41, 5.74) is 6.05. The molecule has 0 saturated carbocycles. The van der Waals surface area contributed by atoms with Gasteiger partial charge in [-0.2, -0.15) is 16.8 Å². The van der Waals surface area contributed by atoms with E-state index in [0.29, 0.717) is 0 Å². The molecule has 0 unspecified atom stereocenters. The van der Waals surface area contributed by atoms with Gasteiger partial charge in [-0.15, -0.1) is 3.63 Å². The molecular formula is C10H15NO7S2. The van der Waals surface area contributed by atoms with Gasteiger partial charge in [0.05, 0.1) is 19.4 Å². The third kappa shape index (κ3) is 3.82. The summed E-state index contributed by atoms with van der Waals surface area (Å²) >= 11 is 0. The Bertz CT molecular complexity index is 695. The van der Waals surface area contributed by atoms with Crippen molar-refractivity contribution in [1.82, 2.24) is 0 Å². The van der Waals surface area contributed by atoms with Crippen molar-refractivity contribution in [1.29, 1.82) is 0 Å². The summed E-state index contributed by atoms with van der Waals surface area (Å²) in [6, 6.07) is 2.42. The molecule has 114 valence electrons. The third-order valence-corrected chi connectivity index (χ3v) is 5.12. The molecule has 0 radical (unpaired) electrons. The minimum absolute atomic E-state index is 0.0894. The zero-order chi connectivity index (χ0) is 15.6. The number of anilines is 1. The summed E-state index contributed by atoms with van der Waals surface area (Å²) in [6.07, 6.45) is 0. The van der Waals surface area contributed by atoms with E-state index in [9.17, 15) is 16.8 Å². The summed E-state index contributed by atoms with van der Waals surface area (Å²) in [6.45, 7) is 2.58. The van der Waals surface area contributed by atoms with Crippen LogP contribution in [0.25, 0.3) is 0 Å². The zero-order valence-electron chi connectivity index (χ0n) is 11.1. The predicted molar refractivity (Wildman–Crippen MR) is 71.0 cm³/mol. The highest BCUT2D eigenvalue weighted by Gasteiger charge is 2.28. The van der Waals surface area contributed by atoms with Crippen LogP contribution in [0, 0.1) is 6.92 Å². The number of hydrogen-bond donors (Lipinski definition) is 1. The predicted octanol–water partition coefficient (Wildman–Crippen LogP) is 0.572. The lowest BCUT2D eigenvalue weighted by atomic mass is 10.2. The average Bonchev–Trinajstić information content (AvgIpc) is 2.26. The van der Waals surface area contributed by atoms with E-state index in [2.05, 4.69) is 7.81 Å². The monoisotopic (exact) mass is 325 g/mol. The van der Waals surface area contributed by atoms with E-state index in [4.69, 9.17) is 10.5 Å². The van der Waals surface area contributed by atoms with Gasteiger partial charge in [0, 0.05) is 6.07 Å². The topological polar surface area (TPSA) is 122 Å². The highest BCUT2D eigenvalue weighted by atomic mass is 32.3. The number of rotatable bonds is 6. The maximum Gasteiger partial charge on any atom is 0.414 e. The number of ether oxygens (including phenoxy) is 1. The molecule has 1 aromatic carbocycles. The number of benzene rings is 1. The first-order valence-electron chi connectivity index (χ1n) is 5.42. The number of nitrogen functional groups attached to an aromatic ring is 1. The van der Waals surface area contributed by atoms with Crippen molar-refractivity contribution in [2.24, 2.45) is 0 Å². The molecule has 0 heterocycles. The summed E-state index contributed by atoms with van der Waals surface area (Å²) in [5.74, 6) is 0.0894. The molecule has 10 heteroatoms. The van der Waals surface area contributed by atoms with Gasteiger partial charge < -0.3 is 10.5 Å². The average molecular weight is 325 g/mol. The molecular weight excluding hydrogens is 310 g/mol. The molecule has 2 N–H and O–H groups in total. The van der Waals surface area contributed by atoms with Crippen LogP contribution in [0.3, 0.4) is 0 Å². The van der Waals surface area contributed by atoms with Crippen LogP contribution in [0.1, 0.15) is 12.5 Å². The van der Waals surface area contributed by atoms with Crippen LogP contribution in [0.15, 0.2) is 17.0 Å². The summed E-state index contributed by atoms with van der Waals surface area (Å²) < 4.78 is 59.6. The highest BCUT2D eigenvalue weighted by molar-refractivity contribution is 7.97. The molecule has 0 aliphatic carbocycles. The number of aryl methyl sites for hydroxylation is 1. The van der Waals surface area contributed by atoms with Crippen molar-refractivity contribution in [2.45, 2.75) is 18.7 Å². The third-order valence-electron chi connectivity index (χ3n) is 2.23. The summed E-state index contributed by atoms with van der Waals surface area (Å²) in [4.78, 5) is -0.369. The van der Waals surface area contributed by atoms with Gasteiger partial charge in [-0.1, -0.05) is 0 Å². The number of nitrogens with two attached hydrogens (primary N) is 1. The van der Waals surface area contributed by atoms with Crippen molar-refractivity contribution in [3.63, 3.8) is 0 Å². The Balaban J connectivity index is 3.30. The lowest BCUT2D eigenvalue weighted by Crippen LogP contribution is -2.17. The van der Waals surface area contributed by atoms with E-state index in [0.717, 1.165) is 6.07 Å². The molecule has 0 saturated heterocycles. The smallest absolute Gasteiger partial charge is 0.414 e. The summed E-state index contributed by atoms with van der Waals surface area (Å²) in [5, 5.41) is 0. The van der Waals surface area contributed by atoms with Crippen LogP contribution in [0.5, 0.6) is 5.75 Å². The molecule has 1 rings (SSSR count). The quantitative estimate of drug-likeness (QED) is 0.753. The van der Waals surface area contributed by atoms with Crippen molar-refractivity contribution < 1.29 is 29.4 Å². The molecule has 0 fully saturated rings. The van der Waals surface area contributed by atoms with E-state index in [1.807, 2.05) is 0 Å². The Kier molecular flexibility index (Phi) is 4.97. The van der Waals surface area contributed by atoms with Crippen LogP contribution in [-0.2, 0) is 28.3 Å². The molecule has 0 aromatic heterocycles. The molecule has 0 aliphatic rings. The highest BCUT2D eigenvalue weighted by Crippen LogP contribution is 2.29. The lowest BCUT2D eigenvalue weighted by molar-refractivity contribution is 0.289. The van der Waals surface area contributed by atoms with E-state index in [1.165, 1.54) is 27.0 Å². The van der Waals surface area contributed by atoms with Crippen LogP contribution in [0.2, 0.25) is 0 Å². The van der Waals surface area contributed by atoms with Gasteiger partial charge in [-0.25, -0.2) is 4.18 Å². The lowest BCUT2D eigenvalue weighted by Gasteiger charge is -2.11. The fourth-order valence-electron chi connectivity index (χ4n) is 1.45. The second-order valence-corrected chi connectivity index (χ2v) is 6.64. The number of hydrogen-bond acceptors (Lipinski definition) is 8. The van der Waals surface area contributed by atoms with E-state index in [1.54, 1.807) is 0 Å². The van der Waals surface area contributed by atoms with Crippen molar-refractivity contribution in [3.8, 4) is 5.75 Å². The fraction of sp³-hybridized carbons (Fsp3) is 0.400. The van der Waals surface area contributed by atoms with E-state index >= 15 is 0 Å². The maximum absolute atomic E-state index is 11.9. The van der Waals surface area contributed by atoms with Crippen LogP contribution in [-0.4, -0.2) is 30.6 Å². The molecule has 8 nitrogen and oxygen atoms in total. The Hall–Kier alpha value is -1.36. The van der Waals surface area contributed by atoms with Gasteiger partial charge in [0.1, 0.15) is 10.6 Å². The fourth-order valence-corrected chi connectivity index (χ4v) is 3.77. The molecule has 0 bridgehead atoms. The van der Waals surface area contributed by atoms with Gasteiger partial charge in [-0.05, 0) is 25.5 Å². The minimum atomic E-state index is -4.64.